The smallest absolute Gasteiger partial charge is 0.416 e. The lowest BCUT2D eigenvalue weighted by Crippen LogP contribution is -2.51. The van der Waals surface area contributed by atoms with Crippen LogP contribution in [0.4, 0.5) is 18.0 Å². The predicted molar refractivity (Wildman–Crippen MR) is 85.8 cm³/mol. The van der Waals surface area contributed by atoms with E-state index in [4.69, 9.17) is 4.74 Å². The Hall–Kier alpha value is -2.54. The zero-order valence-electron chi connectivity index (χ0n) is 13.2. The van der Waals surface area contributed by atoms with Crippen molar-refractivity contribution in [1.82, 2.24) is 5.32 Å². The van der Waals surface area contributed by atoms with Crippen LogP contribution in [0.2, 0.25) is 0 Å². The number of alkyl halides is 3. The summed E-state index contributed by atoms with van der Waals surface area (Å²) in [7, 11) is 0. The van der Waals surface area contributed by atoms with E-state index in [0.29, 0.717) is 11.1 Å². The van der Waals surface area contributed by atoms with Gasteiger partial charge in [-0.25, -0.2) is 4.79 Å². The molecule has 0 aromatic heterocycles. The molecular formula is C18H18F3NO3. The maximum Gasteiger partial charge on any atom is 0.416 e. The SMILES string of the molecule is O=C(NC(Cc1ccccc1)C(O)C(F)(F)F)OCc1ccccc1. The standard InChI is InChI=1S/C18H18F3NO3/c19-18(20,21)16(23)15(11-13-7-3-1-4-8-13)22-17(24)25-12-14-9-5-2-6-10-14/h1-10,15-16,23H,11-12H2,(H,22,24). The molecule has 2 atom stereocenters. The number of nitrogens with one attached hydrogen (secondary N) is 1. The first-order valence-electron chi connectivity index (χ1n) is 7.62. The van der Waals surface area contributed by atoms with Crippen molar-refractivity contribution in [2.75, 3.05) is 0 Å². The van der Waals surface area contributed by atoms with Crippen molar-refractivity contribution < 1.29 is 27.8 Å². The summed E-state index contributed by atoms with van der Waals surface area (Å²) in [6.07, 6.45) is -8.75. The van der Waals surface area contributed by atoms with Gasteiger partial charge in [-0.3, -0.25) is 0 Å². The summed E-state index contributed by atoms with van der Waals surface area (Å²) in [5, 5.41) is 11.7. The Morgan fingerprint density at radius 1 is 1.00 bits per heavy atom. The van der Waals surface area contributed by atoms with Gasteiger partial charge in [-0.05, 0) is 17.5 Å². The third kappa shape index (κ3) is 6.11. The fourth-order valence-corrected chi connectivity index (χ4v) is 2.25. The van der Waals surface area contributed by atoms with Crippen molar-refractivity contribution in [2.24, 2.45) is 0 Å². The van der Waals surface area contributed by atoms with Crippen LogP contribution in [-0.2, 0) is 17.8 Å². The first kappa shape index (κ1) is 18.8. The fraction of sp³-hybridized carbons (Fsp3) is 0.278. The molecule has 0 fully saturated rings. The first-order chi connectivity index (χ1) is 11.9. The molecule has 4 nitrogen and oxygen atoms in total. The number of carbonyl (C=O) groups is 1. The Morgan fingerprint density at radius 3 is 2.04 bits per heavy atom. The van der Waals surface area contributed by atoms with E-state index in [1.165, 1.54) is 0 Å². The molecule has 2 aromatic carbocycles. The minimum atomic E-state index is -4.86. The van der Waals surface area contributed by atoms with Crippen LogP contribution in [0.1, 0.15) is 11.1 Å². The second-order valence-corrected chi connectivity index (χ2v) is 5.49. The second-order valence-electron chi connectivity index (χ2n) is 5.49. The fourth-order valence-electron chi connectivity index (χ4n) is 2.25. The highest BCUT2D eigenvalue weighted by Gasteiger charge is 2.44. The number of benzene rings is 2. The van der Waals surface area contributed by atoms with Crippen molar-refractivity contribution in [1.29, 1.82) is 0 Å². The van der Waals surface area contributed by atoms with E-state index < -0.39 is 24.4 Å². The molecule has 2 N–H and O–H groups in total. The normalized spacial score (nSPS) is 13.8. The summed E-state index contributed by atoms with van der Waals surface area (Å²) in [5.41, 5.74) is 1.26. The molecule has 0 saturated heterocycles. The van der Waals surface area contributed by atoms with Crippen LogP contribution in [0.25, 0.3) is 0 Å². The van der Waals surface area contributed by atoms with Gasteiger partial charge in [0.1, 0.15) is 6.61 Å². The molecule has 0 heterocycles. The van der Waals surface area contributed by atoms with E-state index in [1.54, 1.807) is 60.7 Å². The van der Waals surface area contributed by atoms with Gasteiger partial charge in [-0.15, -0.1) is 0 Å². The molecular weight excluding hydrogens is 335 g/mol. The number of ether oxygens (including phenoxy) is 1. The number of hydrogen-bond acceptors (Lipinski definition) is 3. The van der Waals surface area contributed by atoms with E-state index in [2.05, 4.69) is 5.32 Å². The highest BCUT2D eigenvalue weighted by molar-refractivity contribution is 5.67. The summed E-state index contributed by atoms with van der Waals surface area (Å²) >= 11 is 0. The third-order valence-corrected chi connectivity index (χ3v) is 3.53. The van der Waals surface area contributed by atoms with E-state index in [-0.39, 0.29) is 13.0 Å². The number of halogens is 3. The van der Waals surface area contributed by atoms with Gasteiger partial charge < -0.3 is 15.2 Å². The van der Waals surface area contributed by atoms with Crippen LogP contribution < -0.4 is 5.32 Å². The number of carbonyl (C=O) groups excluding carboxylic acids is 1. The van der Waals surface area contributed by atoms with Crippen LogP contribution in [0.15, 0.2) is 60.7 Å². The highest BCUT2D eigenvalue weighted by atomic mass is 19.4. The molecule has 2 aromatic rings. The molecule has 25 heavy (non-hydrogen) atoms. The molecule has 0 aliphatic carbocycles. The maximum atomic E-state index is 12.9. The van der Waals surface area contributed by atoms with Crippen molar-refractivity contribution >= 4 is 6.09 Å². The Morgan fingerprint density at radius 2 is 1.52 bits per heavy atom. The molecule has 1 amide bonds. The summed E-state index contributed by atoms with van der Waals surface area (Å²) in [6, 6.07) is 15.5. The monoisotopic (exact) mass is 353 g/mol. The van der Waals surface area contributed by atoms with Crippen molar-refractivity contribution in [3.63, 3.8) is 0 Å². The molecule has 2 rings (SSSR count). The van der Waals surface area contributed by atoms with Gasteiger partial charge in [0, 0.05) is 0 Å². The highest BCUT2D eigenvalue weighted by Crippen LogP contribution is 2.24. The number of aliphatic hydroxyl groups excluding tert-OH is 1. The van der Waals surface area contributed by atoms with Gasteiger partial charge in [-0.2, -0.15) is 13.2 Å². The van der Waals surface area contributed by atoms with Crippen LogP contribution in [0.5, 0.6) is 0 Å². The second kappa shape index (κ2) is 8.53. The molecule has 2 unspecified atom stereocenters. The van der Waals surface area contributed by atoms with Crippen LogP contribution in [0, 0.1) is 0 Å². The van der Waals surface area contributed by atoms with E-state index in [9.17, 15) is 23.1 Å². The lowest BCUT2D eigenvalue weighted by atomic mass is 10.0. The summed E-state index contributed by atoms with van der Waals surface area (Å²) in [6.45, 7) is -0.0765. The largest absolute Gasteiger partial charge is 0.445 e. The summed E-state index contributed by atoms with van der Waals surface area (Å²) in [5.74, 6) is 0. The number of hydrogen-bond donors (Lipinski definition) is 2. The Bertz CT molecular complexity index is 662. The van der Waals surface area contributed by atoms with E-state index in [0.717, 1.165) is 0 Å². The number of alkyl carbamates (subject to hydrolysis) is 1. The molecule has 0 aliphatic rings. The molecule has 134 valence electrons. The zero-order chi connectivity index (χ0) is 18.3. The Balaban J connectivity index is 2.00. The zero-order valence-corrected chi connectivity index (χ0v) is 13.2. The van der Waals surface area contributed by atoms with Gasteiger partial charge in [-0.1, -0.05) is 60.7 Å². The lowest BCUT2D eigenvalue weighted by molar-refractivity contribution is -0.211. The van der Waals surface area contributed by atoms with E-state index in [1.807, 2.05) is 0 Å². The van der Waals surface area contributed by atoms with Gasteiger partial charge >= 0.3 is 12.3 Å². The molecule has 7 heteroatoms. The van der Waals surface area contributed by atoms with Crippen LogP contribution in [0.3, 0.4) is 0 Å². The predicted octanol–water partition coefficient (Wildman–Crippen LogP) is 3.45. The van der Waals surface area contributed by atoms with E-state index >= 15 is 0 Å². The Labute approximate surface area is 143 Å². The average molecular weight is 353 g/mol. The average Bonchev–Trinajstić information content (AvgIpc) is 2.60. The van der Waals surface area contributed by atoms with Crippen molar-refractivity contribution in [3.05, 3.63) is 71.8 Å². The van der Waals surface area contributed by atoms with Crippen LogP contribution in [-0.4, -0.2) is 29.5 Å². The van der Waals surface area contributed by atoms with Crippen LogP contribution >= 0.6 is 0 Å². The van der Waals surface area contributed by atoms with Gasteiger partial charge in [0.05, 0.1) is 6.04 Å². The first-order valence-corrected chi connectivity index (χ1v) is 7.62. The molecule has 0 bridgehead atoms. The summed E-state index contributed by atoms with van der Waals surface area (Å²) < 4.78 is 43.5. The molecule has 0 spiro atoms. The van der Waals surface area contributed by atoms with Gasteiger partial charge in [0.2, 0.25) is 0 Å². The van der Waals surface area contributed by atoms with Gasteiger partial charge in [0.15, 0.2) is 6.10 Å². The lowest BCUT2D eigenvalue weighted by Gasteiger charge is -2.25. The molecule has 0 radical (unpaired) electrons. The minimum absolute atomic E-state index is 0.0765. The number of amides is 1. The topological polar surface area (TPSA) is 58.6 Å². The van der Waals surface area contributed by atoms with Crippen molar-refractivity contribution in [2.45, 2.75) is 31.3 Å². The Kier molecular flexibility index (Phi) is 6.41. The maximum absolute atomic E-state index is 12.9. The summed E-state index contributed by atoms with van der Waals surface area (Å²) in [4.78, 5) is 11.8. The molecule has 0 saturated carbocycles. The minimum Gasteiger partial charge on any atom is -0.445 e. The number of aliphatic hydroxyl groups is 1. The van der Waals surface area contributed by atoms with Gasteiger partial charge in [0.25, 0.3) is 0 Å². The molecule has 0 aliphatic heterocycles. The van der Waals surface area contributed by atoms with Crippen molar-refractivity contribution in [3.8, 4) is 0 Å². The number of rotatable bonds is 6. The third-order valence-electron chi connectivity index (χ3n) is 3.53. The quantitative estimate of drug-likeness (QED) is 0.836.